The Labute approximate surface area is 129 Å². The molecule has 2 rings (SSSR count). The van der Waals surface area contributed by atoms with E-state index in [1.54, 1.807) is 0 Å². The number of aromatic amines is 1. The lowest BCUT2D eigenvalue weighted by Gasteiger charge is -2.17. The number of hydrogen-bond acceptors (Lipinski definition) is 3. The number of anilines is 2. The van der Waals surface area contributed by atoms with Crippen LogP contribution in [0, 0.1) is 0 Å². The van der Waals surface area contributed by atoms with Gasteiger partial charge in [-0.05, 0) is 18.2 Å². The van der Waals surface area contributed by atoms with Crippen LogP contribution in [0.5, 0.6) is 0 Å². The Kier molecular flexibility index (Phi) is 4.29. The fourth-order valence-corrected chi connectivity index (χ4v) is 1.99. The molecule has 1 aromatic heterocycles. The number of nitrogens with one attached hydrogen (secondary N) is 2. The number of nitrogens with zero attached hydrogens (tertiary/aromatic N) is 1. The summed E-state index contributed by atoms with van der Waals surface area (Å²) in [4.78, 5) is 10.8. The minimum atomic E-state index is -5.08. The van der Waals surface area contributed by atoms with Crippen LogP contribution in [0.3, 0.4) is 0 Å². The van der Waals surface area contributed by atoms with Gasteiger partial charge in [0, 0.05) is 11.8 Å². The third kappa shape index (κ3) is 3.95. The molecule has 0 spiro atoms. The molecule has 0 aliphatic carbocycles. The number of aromatic nitrogens is 2. The second-order valence-corrected chi connectivity index (χ2v) is 4.69. The van der Waals surface area contributed by atoms with Crippen molar-refractivity contribution in [3.63, 3.8) is 0 Å². The van der Waals surface area contributed by atoms with Gasteiger partial charge in [-0.3, -0.25) is 4.79 Å². The zero-order valence-electron chi connectivity index (χ0n) is 10.8. The molecule has 1 heterocycles. The zero-order valence-corrected chi connectivity index (χ0v) is 11.6. The molecular formula is C12H6ClF6N3O. The maximum atomic E-state index is 12.8. The van der Waals surface area contributed by atoms with Gasteiger partial charge in [-0.2, -0.15) is 31.4 Å². The highest BCUT2D eigenvalue weighted by atomic mass is 35.5. The van der Waals surface area contributed by atoms with Crippen molar-refractivity contribution in [3.05, 3.63) is 50.8 Å². The lowest BCUT2D eigenvalue weighted by atomic mass is 10.1. The molecule has 0 aliphatic rings. The Balaban J connectivity index is 2.55. The van der Waals surface area contributed by atoms with Gasteiger partial charge in [-0.15, -0.1) is 0 Å². The van der Waals surface area contributed by atoms with Gasteiger partial charge in [0.25, 0.3) is 5.56 Å². The molecule has 2 aromatic rings. The fraction of sp³-hybridized carbons (Fsp3) is 0.167. The minimum absolute atomic E-state index is 0.145. The van der Waals surface area contributed by atoms with E-state index in [9.17, 15) is 31.1 Å². The van der Waals surface area contributed by atoms with Crippen LogP contribution in [0.1, 0.15) is 11.1 Å². The van der Waals surface area contributed by atoms with E-state index in [-0.39, 0.29) is 5.82 Å². The second kappa shape index (κ2) is 5.76. The monoisotopic (exact) mass is 357 g/mol. The normalized spacial score (nSPS) is 12.3. The van der Waals surface area contributed by atoms with Crippen molar-refractivity contribution in [2.45, 2.75) is 12.4 Å². The highest BCUT2D eigenvalue weighted by molar-refractivity contribution is 6.32. The molecule has 2 N–H and O–H groups in total. The van der Waals surface area contributed by atoms with E-state index in [4.69, 9.17) is 11.6 Å². The summed E-state index contributed by atoms with van der Waals surface area (Å²) < 4.78 is 77.1. The van der Waals surface area contributed by atoms with Crippen molar-refractivity contribution in [2.24, 2.45) is 0 Å². The van der Waals surface area contributed by atoms with Crippen LogP contribution < -0.4 is 10.9 Å². The van der Waals surface area contributed by atoms with Gasteiger partial charge in [0.05, 0.1) is 16.1 Å². The van der Waals surface area contributed by atoms with Crippen LogP contribution in [0.2, 0.25) is 5.02 Å². The summed E-state index contributed by atoms with van der Waals surface area (Å²) in [7, 11) is 0. The molecule has 0 bridgehead atoms. The van der Waals surface area contributed by atoms with Crippen LogP contribution in [0.4, 0.5) is 37.8 Å². The number of rotatable bonds is 2. The van der Waals surface area contributed by atoms with Crippen LogP contribution in [-0.2, 0) is 12.4 Å². The van der Waals surface area contributed by atoms with Gasteiger partial charge in [-0.25, -0.2) is 5.10 Å². The summed E-state index contributed by atoms with van der Waals surface area (Å²) >= 11 is 5.24. The average Bonchev–Trinajstić information content (AvgIpc) is 2.40. The number of hydrogen-bond donors (Lipinski definition) is 2. The van der Waals surface area contributed by atoms with E-state index >= 15 is 0 Å². The lowest BCUT2D eigenvalue weighted by molar-refractivity contribution is -0.142. The SMILES string of the molecule is O=c1ccc(Nc2cc(C(F)(F)F)c(Cl)c(C(F)(F)F)c2)n[nH]1. The number of halogens is 7. The van der Waals surface area contributed by atoms with Crippen LogP contribution in [-0.4, -0.2) is 10.2 Å². The smallest absolute Gasteiger partial charge is 0.339 e. The summed E-state index contributed by atoms with van der Waals surface area (Å²) in [5.41, 5.74) is -4.39. The topological polar surface area (TPSA) is 57.8 Å². The zero-order chi connectivity index (χ0) is 17.4. The molecule has 11 heteroatoms. The molecule has 0 saturated heterocycles. The molecule has 124 valence electrons. The van der Waals surface area contributed by atoms with Crippen molar-refractivity contribution >= 4 is 23.1 Å². The lowest BCUT2D eigenvalue weighted by Crippen LogP contribution is -2.14. The van der Waals surface area contributed by atoms with Crippen LogP contribution in [0.25, 0.3) is 0 Å². The van der Waals surface area contributed by atoms with Crippen LogP contribution in [0.15, 0.2) is 29.1 Å². The molecule has 0 atom stereocenters. The molecule has 4 nitrogen and oxygen atoms in total. The van der Waals surface area contributed by atoms with Gasteiger partial charge in [0.1, 0.15) is 0 Å². The van der Waals surface area contributed by atoms with E-state index in [0.29, 0.717) is 12.1 Å². The third-order valence-corrected chi connectivity index (χ3v) is 3.04. The Hall–Kier alpha value is -2.23. The Morgan fingerprint density at radius 1 is 1.00 bits per heavy atom. The van der Waals surface area contributed by atoms with E-state index in [2.05, 4.69) is 10.4 Å². The predicted octanol–water partition coefficient (Wildman–Crippen LogP) is 4.20. The van der Waals surface area contributed by atoms with Gasteiger partial charge < -0.3 is 5.32 Å². The molecule has 0 amide bonds. The molecule has 0 radical (unpaired) electrons. The summed E-state index contributed by atoms with van der Waals surface area (Å²) in [5.74, 6) is -0.145. The maximum absolute atomic E-state index is 12.8. The van der Waals surface area contributed by atoms with E-state index < -0.39 is 39.7 Å². The first kappa shape index (κ1) is 17.1. The fourth-order valence-electron chi connectivity index (χ4n) is 1.67. The number of benzene rings is 1. The second-order valence-electron chi connectivity index (χ2n) is 4.31. The average molecular weight is 358 g/mol. The Morgan fingerprint density at radius 3 is 1.91 bits per heavy atom. The first-order chi connectivity index (χ1) is 10.5. The highest BCUT2D eigenvalue weighted by Gasteiger charge is 2.41. The quantitative estimate of drug-likeness (QED) is 0.792. The predicted molar refractivity (Wildman–Crippen MR) is 69.6 cm³/mol. The van der Waals surface area contributed by atoms with Crippen molar-refractivity contribution in [3.8, 4) is 0 Å². The summed E-state index contributed by atoms with van der Waals surface area (Å²) in [6, 6.07) is 2.93. The number of alkyl halides is 6. The highest BCUT2D eigenvalue weighted by Crippen LogP contribution is 2.44. The standard InChI is InChI=1S/C12H6ClF6N3O/c13-10-6(11(14,15)16)3-5(4-7(10)12(17,18)19)20-8-1-2-9(23)22-21-8/h1-4H,(H,20,21)(H,22,23). The Morgan fingerprint density at radius 2 is 1.52 bits per heavy atom. The summed E-state index contributed by atoms with van der Waals surface area (Å²) in [6.07, 6.45) is -10.2. The van der Waals surface area contributed by atoms with Gasteiger partial charge in [-0.1, -0.05) is 11.6 Å². The molecule has 23 heavy (non-hydrogen) atoms. The molecular weight excluding hydrogens is 352 g/mol. The van der Waals surface area contributed by atoms with Gasteiger partial charge in [0.2, 0.25) is 0 Å². The van der Waals surface area contributed by atoms with E-state index in [1.807, 2.05) is 5.10 Å². The summed E-state index contributed by atoms with van der Waals surface area (Å²) in [6.45, 7) is 0. The van der Waals surface area contributed by atoms with Crippen LogP contribution >= 0.6 is 11.6 Å². The molecule has 0 saturated carbocycles. The van der Waals surface area contributed by atoms with Gasteiger partial charge >= 0.3 is 12.4 Å². The van der Waals surface area contributed by atoms with Crippen molar-refractivity contribution in [1.82, 2.24) is 10.2 Å². The third-order valence-electron chi connectivity index (χ3n) is 2.63. The summed E-state index contributed by atoms with van der Waals surface area (Å²) in [5, 5.41) is 6.22. The molecule has 0 aliphatic heterocycles. The largest absolute Gasteiger partial charge is 0.417 e. The molecule has 0 unspecified atom stereocenters. The van der Waals surface area contributed by atoms with E-state index in [0.717, 1.165) is 12.1 Å². The number of H-pyrrole nitrogens is 1. The molecule has 1 aromatic carbocycles. The van der Waals surface area contributed by atoms with Crippen molar-refractivity contribution in [1.29, 1.82) is 0 Å². The maximum Gasteiger partial charge on any atom is 0.417 e. The van der Waals surface area contributed by atoms with Crippen molar-refractivity contribution < 1.29 is 26.3 Å². The Bertz CT molecular complexity index is 728. The van der Waals surface area contributed by atoms with Gasteiger partial charge in [0.15, 0.2) is 5.82 Å². The minimum Gasteiger partial charge on any atom is -0.339 e. The first-order valence-electron chi connectivity index (χ1n) is 5.79. The van der Waals surface area contributed by atoms with E-state index in [1.165, 1.54) is 0 Å². The van der Waals surface area contributed by atoms with Crippen molar-refractivity contribution in [2.75, 3.05) is 5.32 Å². The first-order valence-corrected chi connectivity index (χ1v) is 6.17. The molecule has 0 fully saturated rings.